The van der Waals surface area contributed by atoms with E-state index in [-0.39, 0.29) is 23.6 Å². The molecule has 0 atom stereocenters. The molecule has 0 radical (unpaired) electrons. The van der Waals surface area contributed by atoms with E-state index in [1.54, 1.807) is 0 Å². The third-order valence-electron chi connectivity index (χ3n) is 4.19. The molecular weight excluding hydrogens is 314 g/mol. The first-order valence-electron chi connectivity index (χ1n) is 8.08. The van der Waals surface area contributed by atoms with Gasteiger partial charge in [0.25, 0.3) is 5.91 Å². The van der Waals surface area contributed by atoms with Crippen LogP contribution in [0.1, 0.15) is 59.8 Å². The van der Waals surface area contributed by atoms with Gasteiger partial charge in [0.1, 0.15) is 5.00 Å². The minimum atomic E-state index is -0.356. The summed E-state index contributed by atoms with van der Waals surface area (Å²) >= 11 is 1.51. The Morgan fingerprint density at radius 3 is 2.48 bits per heavy atom. The summed E-state index contributed by atoms with van der Waals surface area (Å²) in [6.45, 7) is 1.34. The number of hydrazine groups is 1. The Kier molecular flexibility index (Phi) is 4.66. The van der Waals surface area contributed by atoms with Gasteiger partial charge in [-0.2, -0.15) is 0 Å². The standard InChI is InChI=1S/C16H21N3O3S/c1-9(20)18-19-15(22)13-11-5-3-2-4-6-12(11)23-16(13)17-14(21)10-7-8-10/h10H,2-8H2,1H3,(H,17,21)(H,18,20)(H,19,22). The van der Waals surface area contributed by atoms with Gasteiger partial charge in [-0.05, 0) is 44.1 Å². The highest BCUT2D eigenvalue weighted by Gasteiger charge is 2.32. The number of carbonyl (C=O) groups excluding carboxylic acids is 3. The molecule has 1 aromatic heterocycles. The molecule has 2 aliphatic rings. The van der Waals surface area contributed by atoms with Crippen LogP contribution in [0.4, 0.5) is 5.00 Å². The van der Waals surface area contributed by atoms with Gasteiger partial charge in [-0.25, -0.2) is 0 Å². The first-order valence-corrected chi connectivity index (χ1v) is 8.90. The summed E-state index contributed by atoms with van der Waals surface area (Å²) in [5.74, 6) is -0.605. The lowest BCUT2D eigenvalue weighted by Gasteiger charge is -2.10. The number of hydrogen-bond acceptors (Lipinski definition) is 4. The van der Waals surface area contributed by atoms with Crippen LogP contribution in [0.2, 0.25) is 0 Å². The Labute approximate surface area is 139 Å². The Morgan fingerprint density at radius 1 is 1.04 bits per heavy atom. The van der Waals surface area contributed by atoms with E-state index in [4.69, 9.17) is 0 Å². The molecule has 0 aliphatic heterocycles. The Balaban J connectivity index is 1.88. The number of carbonyl (C=O) groups is 3. The van der Waals surface area contributed by atoms with Crippen molar-refractivity contribution in [3.8, 4) is 0 Å². The summed E-state index contributed by atoms with van der Waals surface area (Å²) in [7, 11) is 0. The number of nitrogens with one attached hydrogen (secondary N) is 3. The molecule has 6 nitrogen and oxygen atoms in total. The largest absolute Gasteiger partial charge is 0.317 e. The number of thiophene rings is 1. The van der Waals surface area contributed by atoms with E-state index in [0.29, 0.717) is 10.6 Å². The fourth-order valence-corrected chi connectivity index (χ4v) is 4.13. The Morgan fingerprint density at radius 2 is 1.78 bits per heavy atom. The lowest BCUT2D eigenvalue weighted by atomic mass is 10.1. The molecular formula is C16H21N3O3S. The minimum absolute atomic E-state index is 0.00464. The third kappa shape index (κ3) is 3.72. The highest BCUT2D eigenvalue weighted by atomic mass is 32.1. The molecule has 0 bridgehead atoms. The van der Waals surface area contributed by atoms with Gasteiger partial charge in [-0.3, -0.25) is 25.2 Å². The highest BCUT2D eigenvalue weighted by molar-refractivity contribution is 7.17. The average molecular weight is 335 g/mol. The zero-order valence-corrected chi connectivity index (χ0v) is 14.0. The molecule has 124 valence electrons. The number of rotatable bonds is 3. The van der Waals surface area contributed by atoms with Crippen LogP contribution in [0.3, 0.4) is 0 Å². The van der Waals surface area contributed by atoms with Crippen molar-refractivity contribution in [3.05, 3.63) is 16.0 Å². The normalized spacial score (nSPS) is 16.9. The second-order valence-electron chi connectivity index (χ2n) is 6.17. The van der Waals surface area contributed by atoms with Crippen LogP contribution in [-0.4, -0.2) is 17.7 Å². The summed E-state index contributed by atoms with van der Waals surface area (Å²) in [6.07, 6.45) is 6.93. The summed E-state index contributed by atoms with van der Waals surface area (Å²) in [5.41, 5.74) is 6.31. The molecule has 1 aromatic rings. The number of fused-ring (bicyclic) bond motifs is 1. The van der Waals surface area contributed by atoms with Crippen LogP contribution in [0.5, 0.6) is 0 Å². The van der Waals surface area contributed by atoms with Crippen LogP contribution in [0, 0.1) is 5.92 Å². The lowest BCUT2D eigenvalue weighted by molar-refractivity contribution is -0.120. The molecule has 0 saturated heterocycles. The highest BCUT2D eigenvalue weighted by Crippen LogP contribution is 2.39. The van der Waals surface area contributed by atoms with Crippen molar-refractivity contribution in [2.75, 3.05) is 5.32 Å². The van der Waals surface area contributed by atoms with Gasteiger partial charge in [0, 0.05) is 17.7 Å². The van der Waals surface area contributed by atoms with Crippen molar-refractivity contribution in [1.29, 1.82) is 0 Å². The maximum absolute atomic E-state index is 12.5. The van der Waals surface area contributed by atoms with Crippen LogP contribution in [0.25, 0.3) is 0 Å². The SMILES string of the molecule is CC(=O)NNC(=O)c1c(NC(=O)C2CC2)sc2c1CCCCC2. The van der Waals surface area contributed by atoms with Gasteiger partial charge in [-0.15, -0.1) is 11.3 Å². The number of anilines is 1. The van der Waals surface area contributed by atoms with Gasteiger partial charge < -0.3 is 5.32 Å². The van der Waals surface area contributed by atoms with Gasteiger partial charge in [0.05, 0.1) is 5.56 Å². The third-order valence-corrected chi connectivity index (χ3v) is 5.39. The molecule has 0 spiro atoms. The molecule has 0 unspecified atom stereocenters. The topological polar surface area (TPSA) is 87.3 Å². The van der Waals surface area contributed by atoms with Crippen LogP contribution >= 0.6 is 11.3 Å². The lowest BCUT2D eigenvalue weighted by Crippen LogP contribution is -2.40. The molecule has 0 aromatic carbocycles. The fraction of sp³-hybridized carbons (Fsp3) is 0.562. The minimum Gasteiger partial charge on any atom is -0.317 e. The van der Waals surface area contributed by atoms with E-state index in [0.717, 1.165) is 50.5 Å². The van der Waals surface area contributed by atoms with Crippen molar-refractivity contribution in [3.63, 3.8) is 0 Å². The molecule has 1 heterocycles. The smallest absolute Gasteiger partial charge is 0.272 e. The predicted octanol–water partition coefficient (Wildman–Crippen LogP) is 2.15. The zero-order valence-electron chi connectivity index (χ0n) is 13.2. The Hall–Kier alpha value is -1.89. The van der Waals surface area contributed by atoms with Crippen LogP contribution in [-0.2, 0) is 22.4 Å². The van der Waals surface area contributed by atoms with E-state index < -0.39 is 0 Å². The van der Waals surface area contributed by atoms with Crippen molar-refractivity contribution in [1.82, 2.24) is 10.9 Å². The molecule has 3 amide bonds. The van der Waals surface area contributed by atoms with Gasteiger partial charge >= 0.3 is 0 Å². The van der Waals surface area contributed by atoms with E-state index in [9.17, 15) is 14.4 Å². The average Bonchev–Trinajstić information content (AvgIpc) is 3.31. The second kappa shape index (κ2) is 6.70. The number of hydrogen-bond donors (Lipinski definition) is 3. The first kappa shape index (κ1) is 16.0. The number of amides is 3. The van der Waals surface area contributed by atoms with Crippen LogP contribution < -0.4 is 16.2 Å². The van der Waals surface area contributed by atoms with Crippen molar-refractivity contribution in [2.24, 2.45) is 5.92 Å². The molecule has 23 heavy (non-hydrogen) atoms. The molecule has 7 heteroatoms. The Bertz CT molecular complexity index is 649. The summed E-state index contributed by atoms with van der Waals surface area (Å²) in [5, 5.41) is 3.55. The van der Waals surface area contributed by atoms with Crippen LogP contribution in [0.15, 0.2) is 0 Å². The van der Waals surface area contributed by atoms with Gasteiger partial charge in [0.15, 0.2) is 0 Å². The molecule has 3 rings (SSSR count). The molecule has 1 fully saturated rings. The number of aryl methyl sites for hydroxylation is 1. The molecule has 1 saturated carbocycles. The van der Waals surface area contributed by atoms with E-state index >= 15 is 0 Å². The maximum Gasteiger partial charge on any atom is 0.272 e. The zero-order chi connectivity index (χ0) is 16.4. The van der Waals surface area contributed by atoms with Gasteiger partial charge in [-0.1, -0.05) is 6.42 Å². The van der Waals surface area contributed by atoms with Crippen molar-refractivity contribution < 1.29 is 14.4 Å². The van der Waals surface area contributed by atoms with Crippen molar-refractivity contribution in [2.45, 2.75) is 51.9 Å². The predicted molar refractivity (Wildman–Crippen MR) is 88.2 cm³/mol. The van der Waals surface area contributed by atoms with E-state index in [1.165, 1.54) is 23.1 Å². The van der Waals surface area contributed by atoms with E-state index in [1.807, 2.05) is 0 Å². The summed E-state index contributed by atoms with van der Waals surface area (Å²) in [4.78, 5) is 36.8. The molecule has 2 aliphatic carbocycles. The first-order chi connectivity index (χ1) is 11.1. The second-order valence-corrected chi connectivity index (χ2v) is 7.27. The fourth-order valence-electron chi connectivity index (χ4n) is 2.84. The van der Waals surface area contributed by atoms with Crippen molar-refractivity contribution >= 4 is 34.1 Å². The monoisotopic (exact) mass is 335 g/mol. The molecule has 3 N–H and O–H groups in total. The summed E-state index contributed by atoms with van der Waals surface area (Å²) < 4.78 is 0. The maximum atomic E-state index is 12.5. The van der Waals surface area contributed by atoms with E-state index in [2.05, 4.69) is 16.2 Å². The quantitative estimate of drug-likeness (QED) is 0.584. The van der Waals surface area contributed by atoms with Gasteiger partial charge in [0.2, 0.25) is 11.8 Å². The summed E-state index contributed by atoms with van der Waals surface area (Å²) in [6, 6.07) is 0.